The van der Waals surface area contributed by atoms with Crippen LogP contribution in [-0.4, -0.2) is 104 Å². The maximum Gasteiger partial charge on any atom is 0.254 e. The maximum atomic E-state index is 15.0. The minimum absolute atomic E-state index is 0.0282. The van der Waals surface area contributed by atoms with Crippen LogP contribution in [0.4, 0.5) is 8.78 Å². The predicted molar refractivity (Wildman–Crippen MR) is 202 cm³/mol. The number of amides is 5. The van der Waals surface area contributed by atoms with E-state index in [1.165, 1.54) is 4.90 Å². The molecule has 16 heteroatoms. The van der Waals surface area contributed by atoms with E-state index in [0.717, 1.165) is 40.8 Å². The molecule has 3 aromatic rings. The highest BCUT2D eigenvalue weighted by atomic mass is 19.1. The quantitative estimate of drug-likeness (QED) is 0.0598. The number of nitrogens with zero attached hydrogens (tertiary/aromatic N) is 3. The molecule has 1 aromatic heterocycles. The van der Waals surface area contributed by atoms with Crippen molar-refractivity contribution >= 4 is 29.5 Å². The fourth-order valence-electron chi connectivity index (χ4n) is 6.60. The number of hydrogen-bond donors (Lipinski definition) is 6. The van der Waals surface area contributed by atoms with Crippen molar-refractivity contribution in [3.8, 4) is 11.1 Å². The van der Waals surface area contributed by atoms with Crippen molar-refractivity contribution < 1.29 is 48.1 Å². The maximum absolute atomic E-state index is 15.0. The summed E-state index contributed by atoms with van der Waals surface area (Å²) in [5.41, 5.74) is 7.45. The van der Waals surface area contributed by atoms with Crippen LogP contribution in [0, 0.1) is 17.0 Å². The molecule has 2 heterocycles. The van der Waals surface area contributed by atoms with Gasteiger partial charge in [0.1, 0.15) is 24.8 Å². The van der Waals surface area contributed by atoms with E-state index in [1.807, 2.05) is 55.7 Å². The lowest BCUT2D eigenvalue weighted by molar-refractivity contribution is -0.141. The zero-order valence-electron chi connectivity index (χ0n) is 31.7. The Labute approximate surface area is 324 Å². The highest BCUT2D eigenvalue weighted by molar-refractivity contribution is 6.14. The molecule has 0 saturated carbocycles. The third-order valence-electron chi connectivity index (χ3n) is 9.40. The van der Waals surface area contributed by atoms with E-state index >= 15 is 4.39 Å². The Morgan fingerprint density at radius 2 is 1.62 bits per heavy atom. The normalized spacial score (nSPS) is 14.6. The molecule has 302 valence electrons. The van der Waals surface area contributed by atoms with Gasteiger partial charge in [0.05, 0.1) is 18.1 Å². The van der Waals surface area contributed by atoms with Crippen molar-refractivity contribution in [1.82, 2.24) is 25.0 Å². The Balaban J connectivity index is 1.45. The fourth-order valence-corrected chi connectivity index (χ4v) is 6.60. The summed E-state index contributed by atoms with van der Waals surface area (Å²) in [7, 11) is 0. The SMILES string of the molecule is CC(C)(C)[C@H](c1cc(-c2cc(F)ccc2F)cn1Cc1ccccc1)N(CC[C@H](N)C(=O)N[C@H](CCCCNC(=O)CN1C(=O)C=CC1=O)C(O)O)C(=O)CO. The zero-order chi connectivity index (χ0) is 41.2. The number of imide groups is 1. The number of unbranched alkanes of at least 4 members (excludes halogenated alkanes) is 1. The Bertz CT molecular complexity index is 1880. The molecule has 56 heavy (non-hydrogen) atoms. The summed E-state index contributed by atoms with van der Waals surface area (Å²) in [6.45, 7) is 4.75. The van der Waals surface area contributed by atoms with Gasteiger partial charge in [0.15, 0.2) is 6.29 Å². The van der Waals surface area contributed by atoms with Crippen LogP contribution in [0.3, 0.4) is 0 Å². The van der Waals surface area contributed by atoms with E-state index in [4.69, 9.17) is 5.73 Å². The molecule has 4 rings (SSSR count). The molecule has 2 aromatic carbocycles. The number of carbonyl (C=O) groups excluding carboxylic acids is 5. The van der Waals surface area contributed by atoms with E-state index in [-0.39, 0.29) is 31.5 Å². The van der Waals surface area contributed by atoms with Crippen LogP contribution in [-0.2, 0) is 30.5 Å². The molecule has 14 nitrogen and oxygen atoms in total. The Hall–Kier alpha value is -5.29. The van der Waals surface area contributed by atoms with Gasteiger partial charge in [-0.1, -0.05) is 51.1 Å². The summed E-state index contributed by atoms with van der Waals surface area (Å²) in [4.78, 5) is 64.3. The van der Waals surface area contributed by atoms with Gasteiger partial charge in [0.2, 0.25) is 17.7 Å². The van der Waals surface area contributed by atoms with Gasteiger partial charge < -0.3 is 41.2 Å². The largest absolute Gasteiger partial charge is 0.387 e. The number of aliphatic hydroxyl groups excluding tert-OH is 2. The lowest BCUT2D eigenvalue weighted by Gasteiger charge is -2.41. The third kappa shape index (κ3) is 11.6. The number of aromatic nitrogens is 1. The van der Waals surface area contributed by atoms with Gasteiger partial charge in [-0.2, -0.15) is 0 Å². The molecule has 0 spiro atoms. The number of carbonyl (C=O) groups is 5. The minimum atomic E-state index is -1.94. The lowest BCUT2D eigenvalue weighted by atomic mass is 9.82. The van der Waals surface area contributed by atoms with Crippen LogP contribution in [0.5, 0.6) is 0 Å². The fraction of sp³-hybridized carbons (Fsp3) is 0.425. The summed E-state index contributed by atoms with van der Waals surface area (Å²) >= 11 is 0. The third-order valence-corrected chi connectivity index (χ3v) is 9.40. The molecule has 5 amide bonds. The van der Waals surface area contributed by atoms with Crippen LogP contribution in [0.25, 0.3) is 11.1 Å². The second-order valence-corrected chi connectivity index (χ2v) is 14.8. The molecule has 1 aliphatic heterocycles. The lowest BCUT2D eigenvalue weighted by Crippen LogP contribution is -2.51. The van der Waals surface area contributed by atoms with E-state index in [2.05, 4.69) is 10.6 Å². The van der Waals surface area contributed by atoms with Crippen LogP contribution in [0.1, 0.15) is 63.8 Å². The van der Waals surface area contributed by atoms with Gasteiger partial charge in [-0.05, 0) is 60.9 Å². The number of hydrogen-bond acceptors (Lipinski definition) is 9. The van der Waals surface area contributed by atoms with Gasteiger partial charge >= 0.3 is 0 Å². The standard InChI is InChI=1S/C40H50F2N6O8/c1-40(2,3)37(32-19-26(28-20-27(41)12-13-29(28)42)22-46(32)21-25-9-5-4-6-10-25)47(36(53)24-49)18-16-30(43)38(54)45-31(39(55)56)11-7-8-17-44-33(50)23-48-34(51)14-15-35(48)52/h4-6,9-10,12-15,19-20,22,30-31,37,39,49,55-56H,7-8,11,16-18,21,23-24,43H2,1-3H3,(H,44,50)(H,45,54)/t30-,31+,37-/m0/s1. The number of halogens is 2. The smallest absolute Gasteiger partial charge is 0.254 e. The van der Waals surface area contributed by atoms with E-state index < -0.39 is 84.2 Å². The van der Waals surface area contributed by atoms with Gasteiger partial charge in [-0.25, -0.2) is 8.78 Å². The molecule has 3 atom stereocenters. The minimum Gasteiger partial charge on any atom is -0.387 e. The first-order valence-corrected chi connectivity index (χ1v) is 18.3. The Morgan fingerprint density at radius 3 is 2.25 bits per heavy atom. The Morgan fingerprint density at radius 1 is 0.946 bits per heavy atom. The first-order chi connectivity index (χ1) is 26.5. The molecule has 0 unspecified atom stereocenters. The first-order valence-electron chi connectivity index (χ1n) is 18.3. The number of aliphatic hydroxyl groups is 3. The number of benzene rings is 2. The topological polar surface area (TPSA) is 208 Å². The summed E-state index contributed by atoms with van der Waals surface area (Å²) in [5, 5.41) is 35.2. The van der Waals surface area contributed by atoms with Crippen molar-refractivity contribution in [2.75, 3.05) is 26.2 Å². The average molecular weight is 781 g/mol. The molecule has 0 fully saturated rings. The van der Waals surface area contributed by atoms with Crippen LogP contribution in [0.15, 0.2) is 72.9 Å². The molecular weight excluding hydrogens is 730 g/mol. The molecule has 7 N–H and O–H groups in total. The van der Waals surface area contributed by atoms with Gasteiger partial charge in [-0.15, -0.1) is 0 Å². The van der Waals surface area contributed by atoms with Crippen molar-refractivity contribution in [2.45, 2.75) is 77.4 Å². The van der Waals surface area contributed by atoms with Crippen LogP contribution in [0.2, 0.25) is 0 Å². The van der Waals surface area contributed by atoms with Gasteiger partial charge in [-0.3, -0.25) is 28.9 Å². The summed E-state index contributed by atoms with van der Waals surface area (Å²) < 4.78 is 31.2. The second-order valence-electron chi connectivity index (χ2n) is 14.8. The monoisotopic (exact) mass is 780 g/mol. The van der Waals surface area contributed by atoms with Crippen molar-refractivity contribution in [3.05, 3.63) is 95.8 Å². The van der Waals surface area contributed by atoms with Gasteiger partial charge in [0.25, 0.3) is 11.8 Å². The molecule has 0 bridgehead atoms. The van der Waals surface area contributed by atoms with E-state index in [9.17, 15) is 43.7 Å². The Kier molecular flexibility index (Phi) is 15.1. The molecule has 0 aliphatic carbocycles. The summed E-state index contributed by atoms with van der Waals surface area (Å²) in [6.07, 6.45) is 2.64. The number of nitrogens with two attached hydrogens (primary N) is 1. The average Bonchev–Trinajstić information content (AvgIpc) is 3.70. The molecule has 0 radical (unpaired) electrons. The van der Waals surface area contributed by atoms with Crippen LogP contribution < -0.4 is 16.4 Å². The molecule has 1 aliphatic rings. The first kappa shape index (κ1) is 43.4. The van der Waals surface area contributed by atoms with E-state index in [0.29, 0.717) is 30.6 Å². The van der Waals surface area contributed by atoms with E-state index in [1.54, 1.807) is 12.3 Å². The number of nitrogens with one attached hydrogen (secondary N) is 2. The van der Waals surface area contributed by atoms with Crippen molar-refractivity contribution in [1.29, 1.82) is 0 Å². The van der Waals surface area contributed by atoms with Crippen LogP contribution >= 0.6 is 0 Å². The number of rotatable bonds is 19. The second kappa shape index (κ2) is 19.5. The summed E-state index contributed by atoms with van der Waals surface area (Å²) in [6, 6.07) is 11.2. The summed E-state index contributed by atoms with van der Waals surface area (Å²) in [5.74, 6) is -4.34. The predicted octanol–water partition coefficient (Wildman–Crippen LogP) is 2.11. The highest BCUT2D eigenvalue weighted by Crippen LogP contribution is 2.41. The zero-order valence-corrected chi connectivity index (χ0v) is 31.7. The van der Waals surface area contributed by atoms with Crippen molar-refractivity contribution in [3.63, 3.8) is 0 Å². The van der Waals surface area contributed by atoms with Crippen molar-refractivity contribution in [2.24, 2.45) is 11.1 Å². The highest BCUT2D eigenvalue weighted by Gasteiger charge is 2.38. The molecular formula is C40H50F2N6O8. The van der Waals surface area contributed by atoms with Gasteiger partial charge in [0, 0.05) is 54.8 Å². The molecule has 0 saturated heterocycles.